The number of anilines is 1. The van der Waals surface area contributed by atoms with Gasteiger partial charge >= 0.3 is 0 Å². The molecule has 1 heterocycles. The Labute approximate surface area is 90.6 Å². The zero-order valence-electron chi connectivity index (χ0n) is 6.58. The number of pyridine rings is 1. The molecule has 1 rings (SSSR count). The highest BCUT2D eigenvalue weighted by Crippen LogP contribution is 2.30. The van der Waals surface area contributed by atoms with Gasteiger partial charge in [-0.1, -0.05) is 0 Å². The van der Waals surface area contributed by atoms with E-state index in [0.717, 1.165) is 6.07 Å². The third kappa shape index (κ3) is 2.05. The van der Waals surface area contributed by atoms with Crippen molar-refractivity contribution in [3.8, 4) is 0 Å². The predicted molar refractivity (Wildman–Crippen MR) is 53.0 cm³/mol. The molecule has 0 fully saturated rings. The molecule has 76 valence electrons. The molecule has 0 spiro atoms. The average Bonchev–Trinajstić information content (AvgIpc) is 2.08. The van der Waals surface area contributed by atoms with E-state index in [9.17, 15) is 18.9 Å². The number of hydrogen-bond donors (Lipinski definition) is 1. The van der Waals surface area contributed by atoms with Gasteiger partial charge in [0.05, 0.1) is 8.49 Å². The third-order valence-electron chi connectivity index (χ3n) is 1.41. The first-order chi connectivity index (χ1) is 6.43. The van der Waals surface area contributed by atoms with Crippen LogP contribution in [0, 0.1) is 13.7 Å². The van der Waals surface area contributed by atoms with Gasteiger partial charge in [-0.15, -0.1) is 0 Å². The summed E-state index contributed by atoms with van der Waals surface area (Å²) in [6.07, 6.45) is -3.00. The lowest BCUT2D eigenvalue weighted by molar-refractivity contribution is -0.386. The summed E-state index contributed by atoms with van der Waals surface area (Å²) >= 11 is 1.69. The predicted octanol–water partition coefficient (Wildman–Crippen LogP) is 2.11. The van der Waals surface area contributed by atoms with Crippen LogP contribution in [0.5, 0.6) is 0 Å². The van der Waals surface area contributed by atoms with E-state index in [4.69, 9.17) is 5.73 Å². The molecule has 0 amide bonds. The maximum atomic E-state index is 12.3. The Morgan fingerprint density at radius 3 is 2.64 bits per heavy atom. The molecule has 8 heteroatoms. The van der Waals surface area contributed by atoms with Crippen molar-refractivity contribution in [2.45, 2.75) is 6.43 Å². The first-order valence-corrected chi connectivity index (χ1v) is 4.39. The number of nitrogens with zero attached hydrogens (tertiary/aromatic N) is 2. The van der Waals surface area contributed by atoms with Gasteiger partial charge in [0.2, 0.25) is 0 Å². The summed E-state index contributed by atoms with van der Waals surface area (Å²) in [5.41, 5.74) is 3.65. The smallest absolute Gasteiger partial charge is 0.297 e. The van der Waals surface area contributed by atoms with Crippen LogP contribution in [0.2, 0.25) is 0 Å². The summed E-state index contributed by atoms with van der Waals surface area (Å²) < 4.78 is 24.8. The summed E-state index contributed by atoms with van der Waals surface area (Å²) in [6.45, 7) is 0. The molecule has 0 aliphatic carbocycles. The maximum absolute atomic E-state index is 12.3. The summed E-state index contributed by atoms with van der Waals surface area (Å²) in [7, 11) is 0. The van der Waals surface area contributed by atoms with Gasteiger partial charge in [-0.25, -0.2) is 13.8 Å². The molecular formula is C6H4F2IN3O2. The van der Waals surface area contributed by atoms with Crippen LogP contribution in [0.3, 0.4) is 0 Å². The number of rotatable bonds is 2. The minimum absolute atomic E-state index is 0.133. The van der Waals surface area contributed by atoms with Crippen molar-refractivity contribution in [1.82, 2.24) is 4.98 Å². The first kappa shape index (κ1) is 11.0. The molecule has 0 bridgehead atoms. The Kier molecular flexibility index (Phi) is 3.13. The average molecular weight is 315 g/mol. The molecule has 1 aromatic heterocycles. The molecule has 5 nitrogen and oxygen atoms in total. The Hall–Kier alpha value is -1.06. The monoisotopic (exact) mass is 315 g/mol. The molecule has 2 N–H and O–H groups in total. The zero-order chi connectivity index (χ0) is 10.9. The lowest BCUT2D eigenvalue weighted by Crippen LogP contribution is -2.04. The Balaban J connectivity index is 3.39. The normalized spacial score (nSPS) is 10.6. The van der Waals surface area contributed by atoms with Gasteiger partial charge < -0.3 is 5.73 Å². The molecule has 0 aliphatic rings. The first-order valence-electron chi connectivity index (χ1n) is 3.32. The summed E-state index contributed by atoms with van der Waals surface area (Å²) in [4.78, 5) is 12.7. The number of hydrogen-bond acceptors (Lipinski definition) is 4. The third-order valence-corrected chi connectivity index (χ3v) is 2.28. The van der Waals surface area contributed by atoms with Crippen LogP contribution in [-0.4, -0.2) is 9.91 Å². The number of nitrogen functional groups attached to an aromatic ring is 1. The second kappa shape index (κ2) is 3.98. The van der Waals surface area contributed by atoms with Crippen molar-refractivity contribution in [2.24, 2.45) is 0 Å². The van der Waals surface area contributed by atoms with Crippen LogP contribution in [0.1, 0.15) is 12.1 Å². The molecule has 0 saturated carbocycles. The fraction of sp³-hybridized carbons (Fsp3) is 0.167. The van der Waals surface area contributed by atoms with Crippen LogP contribution in [0.25, 0.3) is 0 Å². The molecule has 1 aromatic rings. The molecule has 0 saturated heterocycles. The van der Waals surface area contributed by atoms with Gasteiger partial charge in [-0.05, 0) is 22.6 Å². The van der Waals surface area contributed by atoms with Gasteiger partial charge in [-0.2, -0.15) is 0 Å². The largest absolute Gasteiger partial charge is 0.383 e. The highest BCUT2D eigenvalue weighted by atomic mass is 127. The minimum Gasteiger partial charge on any atom is -0.383 e. The van der Waals surface area contributed by atoms with Gasteiger partial charge in [0.1, 0.15) is 5.82 Å². The quantitative estimate of drug-likeness (QED) is 0.515. The van der Waals surface area contributed by atoms with E-state index in [1.807, 2.05) is 0 Å². The van der Waals surface area contributed by atoms with E-state index in [0.29, 0.717) is 0 Å². The van der Waals surface area contributed by atoms with Crippen molar-refractivity contribution < 1.29 is 13.7 Å². The highest BCUT2D eigenvalue weighted by Gasteiger charge is 2.25. The van der Waals surface area contributed by atoms with Crippen LogP contribution in [0.15, 0.2) is 6.07 Å². The van der Waals surface area contributed by atoms with Crippen molar-refractivity contribution in [1.29, 1.82) is 0 Å². The standard InChI is InChI=1S/C6H4F2IN3O2/c7-5(8)4-3(12(13)14)1-2(9)6(10)11-4/h1,5H,(H2,10,11). The summed E-state index contributed by atoms with van der Waals surface area (Å²) in [5.74, 6) is -0.133. The van der Waals surface area contributed by atoms with E-state index in [1.54, 1.807) is 22.6 Å². The van der Waals surface area contributed by atoms with Crippen molar-refractivity contribution >= 4 is 34.1 Å². The van der Waals surface area contributed by atoms with Gasteiger partial charge in [0, 0.05) is 6.07 Å². The Bertz CT molecular complexity index is 386. The van der Waals surface area contributed by atoms with Gasteiger partial charge in [0.15, 0.2) is 5.69 Å². The fourth-order valence-corrected chi connectivity index (χ4v) is 1.23. The maximum Gasteiger partial charge on any atom is 0.297 e. The molecular weight excluding hydrogens is 311 g/mol. The fourth-order valence-electron chi connectivity index (χ4n) is 0.815. The minimum atomic E-state index is -3.00. The van der Waals surface area contributed by atoms with E-state index in [-0.39, 0.29) is 9.39 Å². The number of nitrogens with two attached hydrogens (primary N) is 1. The van der Waals surface area contributed by atoms with Crippen molar-refractivity contribution in [3.05, 3.63) is 25.4 Å². The molecule has 14 heavy (non-hydrogen) atoms. The number of alkyl halides is 2. The van der Waals surface area contributed by atoms with Crippen molar-refractivity contribution in [2.75, 3.05) is 5.73 Å². The van der Waals surface area contributed by atoms with Crippen LogP contribution < -0.4 is 5.73 Å². The van der Waals surface area contributed by atoms with Crippen LogP contribution >= 0.6 is 22.6 Å². The number of aromatic nitrogens is 1. The zero-order valence-corrected chi connectivity index (χ0v) is 8.73. The van der Waals surface area contributed by atoms with Crippen LogP contribution in [-0.2, 0) is 0 Å². The van der Waals surface area contributed by atoms with Crippen LogP contribution in [0.4, 0.5) is 20.3 Å². The molecule has 0 unspecified atom stereocenters. The van der Waals surface area contributed by atoms with E-state index < -0.39 is 22.7 Å². The second-order valence-electron chi connectivity index (χ2n) is 2.32. The van der Waals surface area contributed by atoms with E-state index in [2.05, 4.69) is 4.98 Å². The molecule has 0 radical (unpaired) electrons. The number of halogens is 3. The highest BCUT2D eigenvalue weighted by molar-refractivity contribution is 14.1. The molecule has 0 aromatic carbocycles. The molecule has 0 atom stereocenters. The summed E-state index contributed by atoms with van der Waals surface area (Å²) in [5, 5.41) is 10.4. The van der Waals surface area contributed by atoms with E-state index >= 15 is 0 Å². The number of nitro groups is 1. The summed E-state index contributed by atoms with van der Waals surface area (Å²) in [6, 6.07) is 0.977. The van der Waals surface area contributed by atoms with Gasteiger partial charge in [0.25, 0.3) is 12.1 Å². The topological polar surface area (TPSA) is 82.0 Å². The van der Waals surface area contributed by atoms with Crippen molar-refractivity contribution in [3.63, 3.8) is 0 Å². The Morgan fingerprint density at radius 1 is 1.64 bits per heavy atom. The molecule has 0 aliphatic heterocycles. The second-order valence-corrected chi connectivity index (χ2v) is 3.48. The lowest BCUT2D eigenvalue weighted by Gasteiger charge is -2.03. The van der Waals surface area contributed by atoms with E-state index in [1.165, 1.54) is 0 Å². The lowest BCUT2D eigenvalue weighted by atomic mass is 10.3. The van der Waals surface area contributed by atoms with Gasteiger partial charge in [-0.3, -0.25) is 10.1 Å². The SMILES string of the molecule is Nc1nc(C(F)F)c([N+](=O)[O-])cc1I. The Morgan fingerprint density at radius 2 is 2.21 bits per heavy atom.